The molecule has 7 heteroatoms. The Morgan fingerprint density at radius 3 is 2.92 bits per heavy atom. The molecule has 0 spiro atoms. The third kappa shape index (κ3) is 2.32. The summed E-state index contributed by atoms with van der Waals surface area (Å²) in [4.78, 5) is 18.4. The lowest BCUT2D eigenvalue weighted by Gasteiger charge is -2.19. The van der Waals surface area contributed by atoms with Crippen LogP contribution in [0.4, 0.5) is 5.82 Å². The SMILES string of the molecule is CN(C(=O)c1[nH]nc2c1COc1ccccc1-2)c1ccc(Cl)cn1. The van der Waals surface area contributed by atoms with Gasteiger partial charge in [0, 0.05) is 24.4 Å². The van der Waals surface area contributed by atoms with Crippen molar-refractivity contribution in [2.24, 2.45) is 0 Å². The van der Waals surface area contributed by atoms with Crippen molar-refractivity contribution in [1.82, 2.24) is 15.2 Å². The number of carbonyl (C=O) groups excluding carboxylic acids is 1. The third-order valence-electron chi connectivity index (χ3n) is 3.96. The first-order chi connectivity index (χ1) is 11.6. The molecule has 1 aliphatic heterocycles. The largest absolute Gasteiger partial charge is 0.488 e. The number of anilines is 1. The maximum Gasteiger partial charge on any atom is 0.277 e. The standard InChI is InChI=1S/C17H13ClN4O2/c1-22(14-7-6-10(18)8-19-14)17(23)16-12-9-24-13-5-3-2-4-11(13)15(12)20-21-16/h2-8H,9H2,1H3,(H,20,21). The van der Waals surface area contributed by atoms with E-state index in [0.29, 0.717) is 23.1 Å². The molecule has 6 nitrogen and oxygen atoms in total. The van der Waals surface area contributed by atoms with E-state index in [1.165, 1.54) is 11.1 Å². The summed E-state index contributed by atoms with van der Waals surface area (Å²) < 4.78 is 5.74. The summed E-state index contributed by atoms with van der Waals surface area (Å²) in [5.41, 5.74) is 2.78. The van der Waals surface area contributed by atoms with Gasteiger partial charge in [-0.1, -0.05) is 23.7 Å². The van der Waals surface area contributed by atoms with E-state index in [4.69, 9.17) is 16.3 Å². The second kappa shape index (κ2) is 5.65. The van der Waals surface area contributed by atoms with Crippen LogP contribution in [0.15, 0.2) is 42.6 Å². The van der Waals surface area contributed by atoms with Gasteiger partial charge in [-0.2, -0.15) is 5.10 Å². The first-order valence-corrected chi connectivity index (χ1v) is 7.72. The van der Waals surface area contributed by atoms with Gasteiger partial charge in [-0.3, -0.25) is 14.8 Å². The molecule has 120 valence electrons. The zero-order chi connectivity index (χ0) is 16.7. The number of hydrogen-bond acceptors (Lipinski definition) is 4. The first-order valence-electron chi connectivity index (χ1n) is 7.34. The van der Waals surface area contributed by atoms with E-state index in [2.05, 4.69) is 15.2 Å². The number of benzene rings is 1. The highest BCUT2D eigenvalue weighted by molar-refractivity contribution is 6.30. The van der Waals surface area contributed by atoms with Crippen LogP contribution in [0, 0.1) is 0 Å². The first kappa shape index (κ1) is 14.7. The third-order valence-corrected chi connectivity index (χ3v) is 4.18. The second-order valence-corrected chi connectivity index (χ2v) is 5.85. The van der Waals surface area contributed by atoms with Crippen LogP contribution in [-0.2, 0) is 6.61 Å². The average Bonchev–Trinajstić information content (AvgIpc) is 3.05. The Morgan fingerprint density at radius 1 is 1.29 bits per heavy atom. The van der Waals surface area contributed by atoms with Gasteiger partial charge >= 0.3 is 0 Å². The fourth-order valence-electron chi connectivity index (χ4n) is 2.68. The van der Waals surface area contributed by atoms with E-state index in [1.54, 1.807) is 19.2 Å². The summed E-state index contributed by atoms with van der Waals surface area (Å²) in [5.74, 6) is 1.04. The van der Waals surface area contributed by atoms with E-state index >= 15 is 0 Å². The average molecular weight is 341 g/mol. The van der Waals surface area contributed by atoms with Crippen molar-refractivity contribution in [2.75, 3.05) is 11.9 Å². The molecule has 1 amide bonds. The minimum atomic E-state index is -0.235. The van der Waals surface area contributed by atoms with Crippen LogP contribution in [0.2, 0.25) is 5.02 Å². The molecular formula is C17H13ClN4O2. The summed E-state index contributed by atoms with van der Waals surface area (Å²) in [6.07, 6.45) is 1.50. The Balaban J connectivity index is 1.70. The highest BCUT2D eigenvalue weighted by atomic mass is 35.5. The number of carbonyl (C=O) groups is 1. The van der Waals surface area contributed by atoms with Gasteiger partial charge in [-0.05, 0) is 24.3 Å². The van der Waals surface area contributed by atoms with Gasteiger partial charge in [-0.25, -0.2) is 4.98 Å². The number of halogens is 1. The molecule has 0 radical (unpaired) electrons. The highest BCUT2D eigenvalue weighted by Crippen LogP contribution is 2.37. The molecule has 1 N–H and O–H groups in total. The molecule has 3 aromatic rings. The molecule has 1 aromatic carbocycles. The minimum absolute atomic E-state index is 0.235. The predicted octanol–water partition coefficient (Wildman–Crippen LogP) is 3.29. The van der Waals surface area contributed by atoms with Crippen molar-refractivity contribution in [2.45, 2.75) is 6.61 Å². The van der Waals surface area contributed by atoms with Crippen LogP contribution < -0.4 is 9.64 Å². The van der Waals surface area contributed by atoms with E-state index in [9.17, 15) is 4.79 Å². The summed E-state index contributed by atoms with van der Waals surface area (Å²) in [7, 11) is 1.66. The van der Waals surface area contributed by atoms with Gasteiger partial charge in [0.25, 0.3) is 5.91 Å². The van der Waals surface area contributed by atoms with Gasteiger partial charge in [0.1, 0.15) is 29.6 Å². The van der Waals surface area contributed by atoms with Crippen molar-refractivity contribution in [3.05, 3.63) is 58.9 Å². The van der Waals surface area contributed by atoms with Gasteiger partial charge in [0.15, 0.2) is 0 Å². The van der Waals surface area contributed by atoms with Crippen molar-refractivity contribution < 1.29 is 9.53 Å². The number of fused-ring (bicyclic) bond motifs is 3. The Labute approximate surface area is 143 Å². The number of nitrogens with one attached hydrogen (secondary N) is 1. The number of pyridine rings is 1. The molecular weight excluding hydrogens is 328 g/mol. The highest BCUT2D eigenvalue weighted by Gasteiger charge is 2.28. The fourth-order valence-corrected chi connectivity index (χ4v) is 2.79. The molecule has 1 aliphatic rings. The van der Waals surface area contributed by atoms with Crippen LogP contribution in [0.25, 0.3) is 11.3 Å². The lowest BCUT2D eigenvalue weighted by atomic mass is 10.0. The monoisotopic (exact) mass is 340 g/mol. The number of amides is 1. The number of aromatic nitrogens is 3. The van der Waals surface area contributed by atoms with Crippen LogP contribution in [-0.4, -0.2) is 28.1 Å². The number of para-hydroxylation sites is 1. The normalized spacial score (nSPS) is 12.1. The molecule has 0 atom stereocenters. The van der Waals surface area contributed by atoms with Gasteiger partial charge in [0.2, 0.25) is 0 Å². The number of aromatic amines is 1. The van der Waals surface area contributed by atoms with Crippen LogP contribution in [0.5, 0.6) is 5.75 Å². The quantitative estimate of drug-likeness (QED) is 0.777. The number of H-pyrrole nitrogens is 1. The zero-order valence-corrected chi connectivity index (χ0v) is 13.5. The Morgan fingerprint density at radius 2 is 2.12 bits per heavy atom. The molecule has 0 saturated carbocycles. The summed E-state index contributed by atoms with van der Waals surface area (Å²) in [6, 6.07) is 11.0. The van der Waals surface area contributed by atoms with Crippen molar-refractivity contribution in [3.8, 4) is 17.0 Å². The minimum Gasteiger partial charge on any atom is -0.488 e. The molecule has 2 aromatic heterocycles. The maximum atomic E-state index is 12.8. The van der Waals surface area contributed by atoms with Crippen molar-refractivity contribution in [1.29, 1.82) is 0 Å². The topological polar surface area (TPSA) is 71.1 Å². The van der Waals surface area contributed by atoms with E-state index in [0.717, 1.165) is 22.6 Å². The number of nitrogens with zero attached hydrogens (tertiary/aromatic N) is 3. The van der Waals surface area contributed by atoms with Crippen LogP contribution in [0.1, 0.15) is 16.1 Å². The Hall–Kier alpha value is -2.86. The van der Waals surface area contributed by atoms with Crippen LogP contribution in [0.3, 0.4) is 0 Å². The molecule has 24 heavy (non-hydrogen) atoms. The number of ether oxygens (including phenoxy) is 1. The smallest absolute Gasteiger partial charge is 0.277 e. The second-order valence-electron chi connectivity index (χ2n) is 5.41. The maximum absolute atomic E-state index is 12.8. The lowest BCUT2D eigenvalue weighted by Crippen LogP contribution is -2.28. The molecule has 0 bridgehead atoms. The fraction of sp³-hybridized carbons (Fsp3) is 0.118. The number of rotatable bonds is 2. The summed E-state index contributed by atoms with van der Waals surface area (Å²) in [6.45, 7) is 0.297. The van der Waals surface area contributed by atoms with Crippen molar-refractivity contribution >= 4 is 23.3 Å². The molecule has 4 rings (SSSR count). The Bertz CT molecular complexity index is 921. The lowest BCUT2D eigenvalue weighted by molar-refractivity contribution is 0.0985. The van der Waals surface area contributed by atoms with E-state index in [1.807, 2.05) is 24.3 Å². The zero-order valence-electron chi connectivity index (χ0n) is 12.8. The van der Waals surface area contributed by atoms with Gasteiger partial charge in [0.05, 0.1) is 5.02 Å². The molecule has 3 heterocycles. The molecule has 0 fully saturated rings. The molecule has 0 unspecified atom stereocenters. The molecule has 0 saturated heterocycles. The number of hydrogen-bond donors (Lipinski definition) is 1. The Kier molecular flexibility index (Phi) is 3.46. The van der Waals surface area contributed by atoms with Crippen molar-refractivity contribution in [3.63, 3.8) is 0 Å². The molecule has 0 aliphatic carbocycles. The van der Waals surface area contributed by atoms with Gasteiger partial charge in [-0.15, -0.1) is 0 Å². The van der Waals surface area contributed by atoms with E-state index in [-0.39, 0.29) is 5.91 Å². The van der Waals surface area contributed by atoms with Crippen LogP contribution >= 0.6 is 11.6 Å². The summed E-state index contributed by atoms with van der Waals surface area (Å²) >= 11 is 5.84. The van der Waals surface area contributed by atoms with E-state index < -0.39 is 0 Å². The summed E-state index contributed by atoms with van der Waals surface area (Å²) in [5, 5.41) is 7.68. The van der Waals surface area contributed by atoms with Gasteiger partial charge < -0.3 is 4.74 Å². The predicted molar refractivity (Wildman–Crippen MR) is 90.3 cm³/mol.